The van der Waals surface area contributed by atoms with Gasteiger partial charge in [0.05, 0.1) is 0 Å². The number of amidine groups is 1. The zero-order chi connectivity index (χ0) is 8.43. The Hall–Kier alpha value is -0.910. The summed E-state index contributed by atoms with van der Waals surface area (Å²) in [4.78, 5) is 11.1. The highest BCUT2D eigenvalue weighted by atomic mass is 32.2. The summed E-state index contributed by atoms with van der Waals surface area (Å²) in [6.45, 7) is 3.46. The zero-order valence-electron chi connectivity index (χ0n) is 6.16. The van der Waals surface area contributed by atoms with E-state index in [0.29, 0.717) is 0 Å². The van der Waals surface area contributed by atoms with Crippen molar-refractivity contribution < 1.29 is 13.3 Å². The monoisotopic (exact) mass is 176 g/mol. The second kappa shape index (κ2) is 3.00. The van der Waals surface area contributed by atoms with E-state index in [9.17, 15) is 9.00 Å². The maximum Gasteiger partial charge on any atom is 0.338 e. The van der Waals surface area contributed by atoms with Crippen molar-refractivity contribution in [3.05, 3.63) is 0 Å². The Kier molecular flexibility index (Phi) is 2.23. The highest BCUT2D eigenvalue weighted by Gasteiger charge is 2.23. The van der Waals surface area contributed by atoms with Gasteiger partial charge in [0.25, 0.3) is 0 Å². The van der Waals surface area contributed by atoms with E-state index in [-0.39, 0.29) is 17.5 Å². The average molecular weight is 176 g/mol. The molecule has 0 saturated carbocycles. The summed E-state index contributed by atoms with van der Waals surface area (Å²) in [5.41, 5.74) is 0. The molecule has 0 radical (unpaired) electrons. The van der Waals surface area contributed by atoms with E-state index >= 15 is 0 Å². The van der Waals surface area contributed by atoms with Crippen LogP contribution in [0.15, 0.2) is 5.16 Å². The number of oxime groups is 1. The van der Waals surface area contributed by atoms with Crippen molar-refractivity contribution in [1.29, 1.82) is 0 Å². The van der Waals surface area contributed by atoms with E-state index < -0.39 is 11.3 Å². The normalized spacial score (nSPS) is 22.5. The van der Waals surface area contributed by atoms with Crippen molar-refractivity contribution in [3.8, 4) is 0 Å². The zero-order valence-corrected chi connectivity index (χ0v) is 6.97. The van der Waals surface area contributed by atoms with Crippen LogP contribution in [-0.2, 0) is 20.3 Å². The summed E-state index contributed by atoms with van der Waals surface area (Å²) in [6, 6.07) is 0. The molecule has 1 rings (SSSR count). The van der Waals surface area contributed by atoms with Gasteiger partial charge in [0, 0.05) is 5.92 Å². The van der Waals surface area contributed by atoms with Crippen molar-refractivity contribution in [1.82, 2.24) is 4.72 Å². The van der Waals surface area contributed by atoms with E-state index in [1.54, 1.807) is 13.8 Å². The van der Waals surface area contributed by atoms with Gasteiger partial charge in [-0.25, -0.2) is 4.72 Å². The number of hydrogen-bond acceptors (Lipinski definition) is 4. The lowest BCUT2D eigenvalue weighted by atomic mass is 10.1. The fourth-order valence-electron chi connectivity index (χ4n) is 0.556. The number of rotatable bonds is 2. The maximum absolute atomic E-state index is 11.1. The van der Waals surface area contributed by atoms with E-state index in [1.807, 2.05) is 0 Å². The Morgan fingerprint density at radius 1 is 1.73 bits per heavy atom. The molecule has 0 bridgehead atoms. The molecule has 6 heteroatoms. The first-order valence-corrected chi connectivity index (χ1v) is 4.17. The molecule has 1 atom stereocenters. The first-order chi connectivity index (χ1) is 5.11. The van der Waals surface area contributed by atoms with E-state index in [0.717, 1.165) is 0 Å². The van der Waals surface area contributed by atoms with Crippen LogP contribution in [0.25, 0.3) is 0 Å². The molecule has 0 aliphatic carbocycles. The predicted molar refractivity (Wildman–Crippen MR) is 39.6 cm³/mol. The number of hydrogen-bond donors (Lipinski definition) is 1. The van der Waals surface area contributed by atoms with E-state index in [1.165, 1.54) is 0 Å². The summed E-state index contributed by atoms with van der Waals surface area (Å²) in [5.74, 6) is -0.325. The number of carbonyl (C=O) groups excluding carboxylic acids is 1. The largest absolute Gasteiger partial charge is 0.338 e. The van der Waals surface area contributed by atoms with E-state index in [4.69, 9.17) is 0 Å². The number of Topliss-reactive ketones (excluding diaryl/α,β-unsaturated/α-hetero) is 1. The van der Waals surface area contributed by atoms with Gasteiger partial charge < -0.3 is 0 Å². The predicted octanol–water partition coefficient (Wildman–Crippen LogP) is -0.276. The second-order valence-corrected chi connectivity index (χ2v) is 3.19. The van der Waals surface area contributed by atoms with Crippen molar-refractivity contribution in [2.75, 3.05) is 0 Å². The standard InChI is InChI=1S/C5H8N2O3S/c1-3(2)4(8)5-6-10-11(9)7-5/h3H,1-2H3,(H,6,7). The van der Waals surface area contributed by atoms with Crippen LogP contribution in [0, 0.1) is 5.92 Å². The number of carbonyl (C=O) groups is 1. The summed E-state index contributed by atoms with van der Waals surface area (Å²) in [6.07, 6.45) is 0. The molecular weight excluding hydrogens is 168 g/mol. The minimum atomic E-state index is -1.66. The van der Waals surface area contributed by atoms with Gasteiger partial charge in [0.15, 0.2) is 0 Å². The third kappa shape index (κ3) is 1.76. The molecule has 0 aromatic heterocycles. The molecule has 0 fully saturated rings. The fourth-order valence-corrected chi connectivity index (χ4v) is 1.03. The van der Waals surface area contributed by atoms with Gasteiger partial charge >= 0.3 is 11.3 Å². The van der Waals surface area contributed by atoms with Gasteiger partial charge in [-0.2, -0.15) is 4.21 Å². The van der Waals surface area contributed by atoms with Crippen LogP contribution in [0.1, 0.15) is 13.8 Å². The molecule has 0 saturated heterocycles. The molecule has 1 heterocycles. The van der Waals surface area contributed by atoms with Crippen LogP contribution >= 0.6 is 0 Å². The van der Waals surface area contributed by atoms with Gasteiger partial charge in [-0.15, -0.1) is 0 Å². The molecule has 0 amide bonds. The lowest BCUT2D eigenvalue weighted by Crippen LogP contribution is -2.30. The first-order valence-electron chi connectivity index (χ1n) is 3.09. The minimum absolute atomic E-state index is 0.0401. The minimum Gasteiger partial charge on any atom is -0.290 e. The van der Waals surface area contributed by atoms with Crippen LogP contribution in [0.2, 0.25) is 0 Å². The molecule has 1 N–H and O–H groups in total. The van der Waals surface area contributed by atoms with Crippen LogP contribution in [0.5, 0.6) is 0 Å². The number of nitrogens with zero attached hydrogens (tertiary/aromatic N) is 1. The lowest BCUT2D eigenvalue weighted by Gasteiger charge is -1.99. The average Bonchev–Trinajstić information content (AvgIpc) is 2.34. The Bertz CT molecular complexity index is 236. The fraction of sp³-hybridized carbons (Fsp3) is 0.600. The molecule has 0 aromatic carbocycles. The quantitative estimate of drug-likeness (QED) is 0.629. The molecule has 0 spiro atoms. The molecule has 11 heavy (non-hydrogen) atoms. The van der Waals surface area contributed by atoms with Crippen LogP contribution in [-0.4, -0.2) is 15.8 Å². The highest BCUT2D eigenvalue weighted by Crippen LogP contribution is 2.01. The van der Waals surface area contributed by atoms with Crippen LogP contribution in [0.3, 0.4) is 0 Å². The Balaban J connectivity index is 2.63. The summed E-state index contributed by atoms with van der Waals surface area (Å²) in [7, 11) is 0. The smallest absolute Gasteiger partial charge is 0.290 e. The third-order valence-corrected chi connectivity index (χ3v) is 1.70. The molecule has 1 aliphatic heterocycles. The highest BCUT2D eigenvalue weighted by molar-refractivity contribution is 7.79. The van der Waals surface area contributed by atoms with Crippen molar-refractivity contribution in [2.45, 2.75) is 13.8 Å². The van der Waals surface area contributed by atoms with Crippen molar-refractivity contribution in [3.63, 3.8) is 0 Å². The molecule has 1 aliphatic rings. The van der Waals surface area contributed by atoms with E-state index in [2.05, 4.69) is 14.2 Å². The molecule has 5 nitrogen and oxygen atoms in total. The SMILES string of the molecule is CC(C)C(=O)C1=NOS(=O)N1. The van der Waals surface area contributed by atoms with Gasteiger partial charge in [-0.1, -0.05) is 13.8 Å². The number of nitrogens with one attached hydrogen (secondary N) is 1. The topological polar surface area (TPSA) is 67.8 Å². The Labute approximate surface area is 66.6 Å². The molecule has 1 unspecified atom stereocenters. The van der Waals surface area contributed by atoms with Crippen LogP contribution < -0.4 is 4.72 Å². The lowest BCUT2D eigenvalue weighted by molar-refractivity contribution is -0.115. The summed E-state index contributed by atoms with van der Waals surface area (Å²) < 4.78 is 17.0. The summed E-state index contributed by atoms with van der Waals surface area (Å²) >= 11 is -1.66. The molecular formula is C5H8N2O3S. The second-order valence-electron chi connectivity index (χ2n) is 2.37. The third-order valence-electron chi connectivity index (χ3n) is 1.13. The van der Waals surface area contributed by atoms with Gasteiger partial charge in [-0.05, 0) is 5.16 Å². The van der Waals surface area contributed by atoms with Gasteiger partial charge in [0.1, 0.15) is 0 Å². The molecule has 0 aromatic rings. The first kappa shape index (κ1) is 8.19. The maximum atomic E-state index is 11.1. The van der Waals surface area contributed by atoms with Gasteiger partial charge in [-0.3, -0.25) is 9.08 Å². The summed E-state index contributed by atoms with van der Waals surface area (Å²) in [5, 5.41) is 3.29. The number of ketones is 1. The molecule has 62 valence electrons. The van der Waals surface area contributed by atoms with Crippen molar-refractivity contribution >= 4 is 22.9 Å². The Morgan fingerprint density at radius 2 is 2.36 bits per heavy atom. The van der Waals surface area contributed by atoms with Crippen LogP contribution in [0.4, 0.5) is 0 Å². The van der Waals surface area contributed by atoms with Crippen molar-refractivity contribution in [2.24, 2.45) is 11.1 Å². The Morgan fingerprint density at radius 3 is 2.73 bits per heavy atom. The van der Waals surface area contributed by atoms with Gasteiger partial charge in [0.2, 0.25) is 11.6 Å².